The molecule has 1 heterocycles. The van der Waals surface area contributed by atoms with Gasteiger partial charge in [0.15, 0.2) is 11.9 Å². The highest BCUT2D eigenvalue weighted by Crippen LogP contribution is 2.10. The van der Waals surface area contributed by atoms with Crippen molar-refractivity contribution in [2.75, 3.05) is 13.1 Å². The molecule has 0 spiro atoms. The molecular formula is C13H19N5. The molecule has 1 aliphatic rings. The van der Waals surface area contributed by atoms with Crippen molar-refractivity contribution in [2.24, 2.45) is 9.98 Å². The van der Waals surface area contributed by atoms with Crippen molar-refractivity contribution in [3.05, 3.63) is 35.9 Å². The van der Waals surface area contributed by atoms with Gasteiger partial charge in [0.25, 0.3) is 0 Å². The fourth-order valence-corrected chi connectivity index (χ4v) is 1.79. The van der Waals surface area contributed by atoms with E-state index in [0.29, 0.717) is 0 Å². The standard InChI is InChI=1S/C13H19N5/c1-3-14-12-16-11(10-8-6-5-7-9-10)17-13(18-12)15-4-2/h5-9,11H,3-4H2,1-2H3,(H3,14,15,16,17,18). The Labute approximate surface area is 107 Å². The molecule has 96 valence electrons. The molecular weight excluding hydrogens is 226 g/mol. The lowest BCUT2D eigenvalue weighted by atomic mass is 10.1. The van der Waals surface area contributed by atoms with Gasteiger partial charge >= 0.3 is 0 Å². The first-order valence-electron chi connectivity index (χ1n) is 6.27. The van der Waals surface area contributed by atoms with E-state index < -0.39 is 0 Å². The maximum atomic E-state index is 4.37. The molecule has 0 bridgehead atoms. The highest BCUT2D eigenvalue weighted by Gasteiger charge is 2.20. The summed E-state index contributed by atoms with van der Waals surface area (Å²) >= 11 is 0. The summed E-state index contributed by atoms with van der Waals surface area (Å²) in [5.41, 5.74) is 1.16. The van der Waals surface area contributed by atoms with Gasteiger partial charge in [-0.25, -0.2) is 0 Å². The lowest BCUT2D eigenvalue weighted by Gasteiger charge is -2.30. The minimum Gasteiger partial charge on any atom is -0.332 e. The van der Waals surface area contributed by atoms with Crippen LogP contribution in [0.3, 0.4) is 0 Å². The molecule has 1 aliphatic heterocycles. The average Bonchev–Trinajstić information content (AvgIpc) is 2.40. The van der Waals surface area contributed by atoms with Crippen LogP contribution in [0, 0.1) is 0 Å². The Morgan fingerprint density at radius 2 is 1.50 bits per heavy atom. The highest BCUT2D eigenvalue weighted by atomic mass is 15.4. The Kier molecular flexibility index (Phi) is 4.17. The number of hydrogen-bond donors (Lipinski definition) is 3. The molecule has 18 heavy (non-hydrogen) atoms. The molecule has 5 nitrogen and oxygen atoms in total. The van der Waals surface area contributed by atoms with Crippen LogP contribution in [0.15, 0.2) is 40.3 Å². The predicted molar refractivity (Wildman–Crippen MR) is 74.5 cm³/mol. The first kappa shape index (κ1) is 12.4. The Morgan fingerprint density at radius 1 is 0.944 bits per heavy atom. The Balaban J connectivity index is 2.20. The second-order valence-corrected chi connectivity index (χ2v) is 3.90. The maximum absolute atomic E-state index is 4.37. The van der Waals surface area contributed by atoms with Crippen LogP contribution in [0.5, 0.6) is 0 Å². The summed E-state index contributed by atoms with van der Waals surface area (Å²) in [6.45, 7) is 5.48. The molecule has 5 heteroatoms. The number of guanidine groups is 2. The second-order valence-electron chi connectivity index (χ2n) is 3.90. The van der Waals surface area contributed by atoms with Crippen LogP contribution < -0.4 is 16.0 Å². The fourth-order valence-electron chi connectivity index (χ4n) is 1.79. The van der Waals surface area contributed by atoms with E-state index in [2.05, 4.69) is 38.1 Å². The van der Waals surface area contributed by atoms with Gasteiger partial charge in [0, 0.05) is 13.1 Å². The zero-order chi connectivity index (χ0) is 12.8. The molecule has 0 unspecified atom stereocenters. The molecule has 1 saturated heterocycles. The van der Waals surface area contributed by atoms with Crippen LogP contribution in [-0.2, 0) is 0 Å². The van der Waals surface area contributed by atoms with Gasteiger partial charge in [-0.15, -0.1) is 0 Å². The zero-order valence-electron chi connectivity index (χ0n) is 10.8. The van der Waals surface area contributed by atoms with Crippen LogP contribution in [0.2, 0.25) is 0 Å². The van der Waals surface area contributed by atoms with E-state index in [0.717, 1.165) is 30.6 Å². The number of hydrogen-bond acceptors (Lipinski definition) is 2. The Hall–Kier alpha value is -2.04. The summed E-state index contributed by atoms with van der Waals surface area (Å²) in [5.74, 6) is 1.52. The molecule has 0 aliphatic carbocycles. The van der Waals surface area contributed by atoms with Gasteiger partial charge < -0.3 is 10.6 Å². The zero-order valence-corrected chi connectivity index (χ0v) is 10.8. The van der Waals surface area contributed by atoms with Crippen molar-refractivity contribution in [3.8, 4) is 0 Å². The highest BCUT2D eigenvalue weighted by molar-refractivity contribution is 6.01. The van der Waals surface area contributed by atoms with Crippen molar-refractivity contribution in [3.63, 3.8) is 0 Å². The SMILES string of the molecule is CCN=C1NC(=NCC)NC(c2ccccc2)N1. The summed E-state index contributed by atoms with van der Waals surface area (Å²) < 4.78 is 0. The van der Waals surface area contributed by atoms with Crippen LogP contribution >= 0.6 is 0 Å². The topological polar surface area (TPSA) is 60.8 Å². The lowest BCUT2D eigenvalue weighted by molar-refractivity contribution is 0.568. The number of aliphatic imine (C=N–C) groups is 2. The van der Waals surface area contributed by atoms with Crippen molar-refractivity contribution < 1.29 is 0 Å². The van der Waals surface area contributed by atoms with E-state index in [4.69, 9.17) is 0 Å². The van der Waals surface area contributed by atoms with Crippen molar-refractivity contribution in [2.45, 2.75) is 20.0 Å². The van der Waals surface area contributed by atoms with Crippen LogP contribution in [0.4, 0.5) is 0 Å². The molecule has 0 saturated carbocycles. The van der Waals surface area contributed by atoms with Gasteiger partial charge in [0.2, 0.25) is 0 Å². The van der Waals surface area contributed by atoms with E-state index >= 15 is 0 Å². The maximum Gasteiger partial charge on any atom is 0.199 e. The van der Waals surface area contributed by atoms with E-state index in [1.165, 1.54) is 0 Å². The Bertz CT molecular complexity index is 416. The monoisotopic (exact) mass is 245 g/mol. The van der Waals surface area contributed by atoms with Gasteiger partial charge in [0.05, 0.1) is 0 Å². The quantitative estimate of drug-likeness (QED) is 0.750. The molecule has 0 amide bonds. The third-order valence-corrected chi connectivity index (χ3v) is 2.56. The molecule has 3 N–H and O–H groups in total. The normalized spacial score (nSPS) is 23.3. The van der Waals surface area contributed by atoms with E-state index in [1.807, 2.05) is 32.0 Å². The number of nitrogens with zero attached hydrogens (tertiary/aromatic N) is 2. The lowest BCUT2D eigenvalue weighted by Crippen LogP contribution is -2.58. The van der Waals surface area contributed by atoms with Gasteiger partial charge in [-0.2, -0.15) is 0 Å². The number of benzene rings is 1. The van der Waals surface area contributed by atoms with Crippen LogP contribution in [0.25, 0.3) is 0 Å². The summed E-state index contributed by atoms with van der Waals surface area (Å²) in [6.07, 6.45) is 0.00282. The largest absolute Gasteiger partial charge is 0.332 e. The number of rotatable bonds is 3. The molecule has 1 fully saturated rings. The van der Waals surface area contributed by atoms with Gasteiger partial charge in [-0.3, -0.25) is 15.3 Å². The van der Waals surface area contributed by atoms with Crippen molar-refractivity contribution in [1.29, 1.82) is 0 Å². The minimum absolute atomic E-state index is 0.00282. The van der Waals surface area contributed by atoms with Gasteiger partial charge in [-0.1, -0.05) is 30.3 Å². The summed E-state index contributed by atoms with van der Waals surface area (Å²) in [6, 6.07) is 10.2. The third kappa shape index (κ3) is 3.00. The molecule has 0 radical (unpaired) electrons. The third-order valence-electron chi connectivity index (χ3n) is 2.56. The minimum atomic E-state index is 0.00282. The summed E-state index contributed by atoms with van der Waals surface area (Å²) in [5, 5.41) is 9.74. The van der Waals surface area contributed by atoms with E-state index in [-0.39, 0.29) is 6.17 Å². The van der Waals surface area contributed by atoms with Crippen LogP contribution in [0.1, 0.15) is 25.6 Å². The fraction of sp³-hybridized carbons (Fsp3) is 0.385. The molecule has 1 aromatic carbocycles. The number of nitrogens with one attached hydrogen (secondary N) is 3. The van der Waals surface area contributed by atoms with E-state index in [9.17, 15) is 0 Å². The summed E-state index contributed by atoms with van der Waals surface area (Å²) in [4.78, 5) is 8.73. The first-order valence-corrected chi connectivity index (χ1v) is 6.27. The Morgan fingerprint density at radius 3 is 2.00 bits per heavy atom. The van der Waals surface area contributed by atoms with E-state index in [1.54, 1.807) is 0 Å². The second kappa shape index (κ2) is 6.05. The van der Waals surface area contributed by atoms with Crippen LogP contribution in [-0.4, -0.2) is 25.0 Å². The van der Waals surface area contributed by atoms with Gasteiger partial charge in [-0.05, 0) is 19.4 Å². The average molecular weight is 245 g/mol. The molecule has 0 atom stereocenters. The molecule has 1 aromatic rings. The predicted octanol–water partition coefficient (Wildman–Crippen LogP) is 1.22. The molecule has 2 rings (SSSR count). The first-order chi connectivity index (χ1) is 8.83. The smallest absolute Gasteiger partial charge is 0.199 e. The van der Waals surface area contributed by atoms with Gasteiger partial charge in [0.1, 0.15) is 6.17 Å². The van der Waals surface area contributed by atoms with Crippen molar-refractivity contribution >= 4 is 11.9 Å². The molecule has 0 aromatic heterocycles. The van der Waals surface area contributed by atoms with Crippen molar-refractivity contribution in [1.82, 2.24) is 16.0 Å². The summed E-state index contributed by atoms with van der Waals surface area (Å²) in [7, 11) is 0.